The van der Waals surface area contributed by atoms with E-state index in [4.69, 9.17) is 85.9 Å². The largest absolute Gasteiger partial charge is 0.450 e. The van der Waals surface area contributed by atoms with E-state index in [-0.39, 0.29) is 60.2 Å². The van der Waals surface area contributed by atoms with Gasteiger partial charge in [-0.1, -0.05) is 238 Å². The fourth-order valence-electron chi connectivity index (χ4n) is 21.9. The molecule has 6 atom stereocenters. The molecule has 0 saturated heterocycles. The lowest BCUT2D eigenvalue weighted by molar-refractivity contribution is 0.0932. The number of amides is 3. The van der Waals surface area contributed by atoms with Crippen LogP contribution in [0.2, 0.25) is 35.2 Å². The first-order valence-electron chi connectivity index (χ1n) is 49.6. The maximum absolute atomic E-state index is 13.8. The zero-order chi connectivity index (χ0) is 102. The minimum Gasteiger partial charge on any atom is -0.450 e. The summed E-state index contributed by atoms with van der Waals surface area (Å²) in [5.41, 5.74) is 30.6. The number of H-pyrrole nitrogens is 6. The van der Waals surface area contributed by atoms with E-state index >= 15 is 0 Å². The van der Waals surface area contributed by atoms with E-state index in [0.717, 1.165) is 186 Å². The van der Waals surface area contributed by atoms with Crippen molar-refractivity contribution in [3.8, 4) is 5.69 Å². The summed E-state index contributed by atoms with van der Waals surface area (Å²) in [4.78, 5) is 57.2. The molecule has 6 aliphatic heterocycles. The molecule has 148 heavy (non-hydrogen) atoms. The van der Waals surface area contributed by atoms with E-state index in [9.17, 15) is 14.0 Å². The summed E-state index contributed by atoms with van der Waals surface area (Å²) in [6.45, 7) is 12.0. The number of imidazole rings is 1. The molecule has 7 aromatic heterocycles. The van der Waals surface area contributed by atoms with Crippen LogP contribution in [0.25, 0.3) is 71.1 Å². The lowest BCUT2D eigenvalue weighted by atomic mass is 9.91. The van der Waals surface area contributed by atoms with Crippen LogP contribution in [0.4, 0.5) is 14.0 Å². The normalized spacial score (nSPS) is 17.1. The van der Waals surface area contributed by atoms with Crippen molar-refractivity contribution in [2.45, 2.75) is 108 Å². The topological polar surface area (TPSA) is 214 Å². The number of nitrogens with zero attached hydrogens (tertiary/aromatic N) is 5. The molecule has 13 aromatic carbocycles. The number of carbonyl (C=O) groups is 2. The second kappa shape index (κ2) is 45.1. The van der Waals surface area contributed by atoms with Crippen molar-refractivity contribution in [1.82, 2.24) is 75.4 Å². The summed E-state index contributed by atoms with van der Waals surface area (Å²) in [5.74, 6) is -0.257. The van der Waals surface area contributed by atoms with Crippen molar-refractivity contribution in [2.24, 2.45) is 0 Å². The van der Waals surface area contributed by atoms with E-state index < -0.39 is 0 Å². The van der Waals surface area contributed by atoms with Gasteiger partial charge in [-0.2, -0.15) is 0 Å². The molecule has 0 saturated carbocycles. The molecule has 26 rings (SSSR count). The number of aromatic nitrogens is 8. The molecular formula is C119H104Br3Cl7FN15O3. The van der Waals surface area contributed by atoms with E-state index in [2.05, 4.69) is 236 Å². The number of carbonyl (C=O) groups excluding carboxylic acids is 2. The van der Waals surface area contributed by atoms with Crippen molar-refractivity contribution in [3.63, 3.8) is 0 Å². The standard InChI is InChI=1S/C27H23ClN4.C21H21BrClN3O.C20H18BrFN2O2.C17H14BrClN2.2C17H14Cl2N2/c28-21-8-11-25-24(16-21)23-12-14-31(17-19-4-2-1-3-5-19)27(26(23)30-25)20-6-9-22(10-7-20)32-15-13-29-18-32;1-12(2)24-21(27)26-9-8-16-17-11-14(22)6-7-18(17)25-19(16)20(26)13-4-3-5-15(23)10-13;1-2-26-20(25)24-10-9-15-16-11-14(22)7-8-17(16)23-18(15)19(24)12-3-5-13(21)6-4-12;2*18-11-3-1-2-10(8-11)16-17-13(6-7-20-16)14-9-12(19)4-5-15(14)21-17;18-10-5-6-15-13(9-10)11-7-8-20-16(17(11)21-15)12-3-1-2-4-14(12)19/h1-11,13,15-16,18,27,30H,12,14,17H2;3-7,10-12,20,25H,8-9H2,1-2H3,(H,24,27);3-8,11,19,23H,2,9-10H2,1H3;2*1-5,8-9,16,20-21H,6-7H2;1-6,9,16,20-21H,7-8H2. The second-order valence-electron chi connectivity index (χ2n) is 38.1. The molecule has 0 aliphatic carbocycles. The first-order valence-corrected chi connectivity index (χ1v) is 54.6. The monoisotopic (exact) mass is 2290 g/mol. The molecule has 6 aliphatic rings. The number of halogens is 11. The highest BCUT2D eigenvalue weighted by Gasteiger charge is 2.40. The Bertz CT molecular complexity index is 8140. The Kier molecular flexibility index (Phi) is 31.1. The Morgan fingerprint density at radius 1 is 0.399 bits per heavy atom. The molecule has 13 heterocycles. The summed E-state index contributed by atoms with van der Waals surface area (Å²) in [5, 5.41) is 26.2. The molecule has 20 aromatic rings. The molecule has 6 unspecified atom stereocenters. The number of benzene rings is 13. The highest BCUT2D eigenvalue weighted by molar-refractivity contribution is 9.11. The minimum atomic E-state index is -0.337. The summed E-state index contributed by atoms with van der Waals surface area (Å²) in [6, 6.07) is 95.1. The van der Waals surface area contributed by atoms with E-state index in [0.29, 0.717) is 31.1 Å². The van der Waals surface area contributed by atoms with Gasteiger partial charge in [-0.05, 0) is 308 Å². The number of rotatable bonds is 11. The van der Waals surface area contributed by atoms with Gasteiger partial charge in [0.25, 0.3) is 0 Å². The quantitative estimate of drug-likeness (QED) is 0.0600. The smallest absolute Gasteiger partial charge is 0.410 e. The third kappa shape index (κ3) is 21.8. The third-order valence-corrected chi connectivity index (χ3v) is 31.7. The van der Waals surface area contributed by atoms with Crippen LogP contribution in [-0.2, 0) is 49.8 Å². The first-order chi connectivity index (χ1) is 72.0. The average Bonchev–Trinajstić information content (AvgIpc) is 1.59. The van der Waals surface area contributed by atoms with Gasteiger partial charge in [0.05, 0.1) is 43.1 Å². The minimum absolute atomic E-state index is 0.0551. The SMILES string of the molecule is CC(C)NC(=O)N1CCc2c([nH]c3ccc(Br)cc23)C1c1cccc(Cl)c1.CCOC(=O)N1CCc2c([nH]c3ccc(F)cc23)C1c1ccc(Br)cc1.Clc1ccc2[nH]c3c(c2c1)CCN(Cc1ccccc1)C3c1ccc(-n2ccnc2)cc1.Clc1ccc2[nH]c3c(c2c1)CCNC3c1cccc(Br)c1.Clc1ccc2[nH]c3c(c2c1)CCNC3c1ccccc1Cl.Clc1cccc(C2NCCc3c2[nH]c2ccc(Cl)cc32)c1. The predicted octanol–water partition coefficient (Wildman–Crippen LogP) is 31.2. The van der Waals surface area contributed by atoms with Gasteiger partial charge in [-0.3, -0.25) is 9.80 Å². The Balaban J connectivity index is 0.000000105. The number of fused-ring (bicyclic) bond motifs is 18. The molecule has 0 radical (unpaired) electrons. The molecular weight excluding hydrogens is 2190 g/mol. The summed E-state index contributed by atoms with van der Waals surface area (Å²) >= 11 is 54.1. The van der Waals surface area contributed by atoms with Gasteiger partial charge >= 0.3 is 12.1 Å². The van der Waals surface area contributed by atoms with Crippen molar-refractivity contribution < 1.29 is 18.7 Å². The van der Waals surface area contributed by atoms with Gasteiger partial charge in [0.15, 0.2) is 0 Å². The molecule has 750 valence electrons. The van der Waals surface area contributed by atoms with Crippen LogP contribution in [0.15, 0.2) is 317 Å². The van der Waals surface area contributed by atoms with Crippen LogP contribution in [0.3, 0.4) is 0 Å². The fourth-order valence-corrected chi connectivity index (χ4v) is 24.3. The molecule has 0 fully saturated rings. The Labute approximate surface area is 916 Å². The molecule has 3 amide bonds. The van der Waals surface area contributed by atoms with E-state index in [1.54, 1.807) is 30.2 Å². The Hall–Kier alpha value is -11.9. The second-order valence-corrected chi connectivity index (χ2v) is 43.8. The van der Waals surface area contributed by atoms with Gasteiger partial charge in [-0.25, -0.2) is 19.0 Å². The van der Waals surface area contributed by atoms with Crippen LogP contribution in [0, 0.1) is 5.82 Å². The lowest BCUT2D eigenvalue weighted by Crippen LogP contribution is -2.47. The number of nitrogens with one attached hydrogen (secondary N) is 10. The van der Waals surface area contributed by atoms with Crippen LogP contribution < -0.4 is 21.3 Å². The van der Waals surface area contributed by atoms with E-state index in [1.807, 2.05) is 175 Å². The number of ether oxygens (including phenoxy) is 1. The van der Waals surface area contributed by atoms with Gasteiger partial charge in [0.2, 0.25) is 0 Å². The van der Waals surface area contributed by atoms with Crippen molar-refractivity contribution in [1.29, 1.82) is 0 Å². The van der Waals surface area contributed by atoms with E-state index in [1.165, 1.54) is 106 Å². The van der Waals surface area contributed by atoms with Crippen molar-refractivity contribution in [2.75, 3.05) is 45.9 Å². The average molecular weight is 2300 g/mol. The summed E-state index contributed by atoms with van der Waals surface area (Å²) < 4.78 is 24.2. The lowest BCUT2D eigenvalue weighted by Gasteiger charge is -2.36. The highest BCUT2D eigenvalue weighted by Crippen LogP contribution is 2.47. The summed E-state index contributed by atoms with van der Waals surface area (Å²) in [6.07, 6.45) is 10.8. The van der Waals surface area contributed by atoms with Crippen LogP contribution >= 0.6 is 129 Å². The van der Waals surface area contributed by atoms with Gasteiger partial charge in [0.1, 0.15) is 11.9 Å². The predicted molar refractivity (Wildman–Crippen MR) is 612 cm³/mol. The molecule has 18 nitrogen and oxygen atoms in total. The Morgan fingerprint density at radius 3 is 1.34 bits per heavy atom. The zero-order valence-electron chi connectivity index (χ0n) is 80.9. The van der Waals surface area contributed by atoms with Gasteiger partial charge < -0.3 is 65.4 Å². The van der Waals surface area contributed by atoms with Crippen LogP contribution in [0.1, 0.15) is 164 Å². The molecule has 0 bridgehead atoms. The summed E-state index contributed by atoms with van der Waals surface area (Å²) in [7, 11) is 0. The van der Waals surface area contributed by atoms with Crippen molar-refractivity contribution in [3.05, 3.63) is 465 Å². The number of aromatic amines is 6. The van der Waals surface area contributed by atoms with Gasteiger partial charge in [0, 0.05) is 218 Å². The fraction of sp³-hybridized carbons (Fsp3) is 0.202. The molecule has 29 heteroatoms. The third-order valence-electron chi connectivity index (χ3n) is 28.5. The van der Waals surface area contributed by atoms with Crippen molar-refractivity contribution >= 4 is 207 Å². The highest BCUT2D eigenvalue weighted by atomic mass is 79.9. The molecule has 10 N–H and O–H groups in total. The number of urea groups is 1. The zero-order valence-corrected chi connectivity index (χ0v) is 91.0. The maximum atomic E-state index is 13.8. The van der Waals surface area contributed by atoms with Crippen LogP contribution in [-0.4, -0.2) is 118 Å². The van der Waals surface area contributed by atoms with Crippen LogP contribution in [0.5, 0.6) is 0 Å². The van der Waals surface area contributed by atoms with Gasteiger partial charge in [-0.15, -0.1) is 0 Å². The number of hydrogen-bond donors (Lipinski definition) is 10. The number of hydrogen-bond acceptors (Lipinski definition) is 8. The molecule has 0 spiro atoms. The maximum Gasteiger partial charge on any atom is 0.410 e. The Morgan fingerprint density at radius 2 is 0.818 bits per heavy atom. The first kappa shape index (κ1) is 102.